The van der Waals surface area contributed by atoms with Crippen LogP contribution < -0.4 is 10.6 Å². The number of nitrogens with zero attached hydrogens (tertiary/aromatic N) is 3. The average Bonchev–Trinajstić information content (AvgIpc) is 2.91. The maximum atomic E-state index is 10.4. The van der Waals surface area contributed by atoms with Crippen molar-refractivity contribution >= 4 is 23.1 Å². The molecule has 1 aromatic rings. The summed E-state index contributed by atoms with van der Waals surface area (Å²) < 4.78 is 0. The van der Waals surface area contributed by atoms with Gasteiger partial charge in [-0.3, -0.25) is 10.1 Å². The molecule has 9 heteroatoms. The molecule has 0 atom stereocenters. The lowest BCUT2D eigenvalue weighted by atomic mass is 10.4. The highest BCUT2D eigenvalue weighted by atomic mass is 32.2. The van der Waals surface area contributed by atoms with E-state index in [1.807, 2.05) is 0 Å². The summed E-state index contributed by atoms with van der Waals surface area (Å²) in [6.45, 7) is 1.68. The predicted octanol–water partition coefficient (Wildman–Crippen LogP) is 1.36. The Morgan fingerprint density at radius 2 is 2.36 bits per heavy atom. The summed E-state index contributed by atoms with van der Waals surface area (Å²) in [5.41, 5.74) is 1.11. The van der Waals surface area contributed by atoms with Crippen LogP contribution in [0.2, 0.25) is 0 Å². The van der Waals surface area contributed by atoms with Gasteiger partial charge in [-0.1, -0.05) is 0 Å². The molecule has 0 aliphatic heterocycles. The van der Waals surface area contributed by atoms with E-state index in [4.69, 9.17) is 0 Å². The average molecular weight is 345 g/mol. The molecule has 0 aliphatic rings. The van der Waals surface area contributed by atoms with Crippen molar-refractivity contribution in [3.63, 3.8) is 0 Å². The molecule has 1 aromatic heterocycles. The van der Waals surface area contributed by atoms with E-state index < -0.39 is 4.92 Å². The molecule has 0 saturated heterocycles. The number of rotatable bonds is 11. The van der Waals surface area contributed by atoms with Gasteiger partial charge in [0.2, 0.25) is 0 Å². The fraction of sp³-hybridized carbons (Fsp3) is 0.615. The van der Waals surface area contributed by atoms with E-state index in [0.717, 1.165) is 36.4 Å². The first-order valence-electron chi connectivity index (χ1n) is 6.94. The Morgan fingerprint density at radius 3 is 3.00 bits per heavy atom. The highest BCUT2D eigenvalue weighted by Crippen LogP contribution is 2.16. The number of likely N-dealkylation sites (N-methyl/N-ethyl adjacent to an activating group) is 1. The Labute approximate surface area is 139 Å². The minimum atomic E-state index is -0.476. The van der Waals surface area contributed by atoms with E-state index in [1.54, 1.807) is 30.1 Å². The van der Waals surface area contributed by atoms with Crippen LogP contribution in [-0.2, 0) is 12.2 Å². The molecular formula is C13H23N5O2S2. The lowest BCUT2D eigenvalue weighted by Crippen LogP contribution is -2.26. The van der Waals surface area contributed by atoms with E-state index in [0.29, 0.717) is 12.4 Å². The molecule has 2 N–H and O–H groups in total. The summed E-state index contributed by atoms with van der Waals surface area (Å²) in [4.78, 5) is 16.7. The van der Waals surface area contributed by atoms with Crippen LogP contribution >= 0.6 is 23.1 Å². The molecule has 0 spiro atoms. The zero-order valence-corrected chi connectivity index (χ0v) is 14.8. The van der Waals surface area contributed by atoms with E-state index in [2.05, 4.69) is 40.0 Å². The Hall–Kier alpha value is -1.32. The van der Waals surface area contributed by atoms with Crippen LogP contribution in [0.1, 0.15) is 10.7 Å². The lowest BCUT2D eigenvalue weighted by molar-refractivity contribution is -0.404. The molecular weight excluding hydrogens is 322 g/mol. The van der Waals surface area contributed by atoms with Crippen LogP contribution in [0.4, 0.5) is 0 Å². The van der Waals surface area contributed by atoms with Gasteiger partial charge in [-0.15, -0.1) is 11.3 Å². The summed E-state index contributed by atoms with van der Waals surface area (Å²) in [5, 5.41) is 19.4. The highest BCUT2D eigenvalue weighted by molar-refractivity contribution is 7.98. The van der Waals surface area contributed by atoms with Crippen molar-refractivity contribution in [2.45, 2.75) is 12.2 Å². The van der Waals surface area contributed by atoms with E-state index >= 15 is 0 Å². The van der Waals surface area contributed by atoms with Gasteiger partial charge in [0.15, 0.2) is 5.82 Å². The van der Waals surface area contributed by atoms with Crippen molar-refractivity contribution in [2.75, 3.05) is 40.0 Å². The second kappa shape index (κ2) is 10.4. The monoisotopic (exact) mass is 345 g/mol. The van der Waals surface area contributed by atoms with Gasteiger partial charge in [-0.25, -0.2) is 4.98 Å². The minimum Gasteiger partial charge on any atom is -0.370 e. The molecule has 0 saturated carbocycles. The van der Waals surface area contributed by atoms with E-state index in [1.165, 1.54) is 5.01 Å². The van der Waals surface area contributed by atoms with Gasteiger partial charge in [0.25, 0.3) is 6.20 Å². The van der Waals surface area contributed by atoms with E-state index in [-0.39, 0.29) is 0 Å². The fourth-order valence-corrected chi connectivity index (χ4v) is 3.23. The van der Waals surface area contributed by atoms with Gasteiger partial charge in [0.05, 0.1) is 15.6 Å². The second-order valence-electron chi connectivity index (χ2n) is 4.84. The number of thioether (sulfide) groups is 1. The number of nitro groups is 1. The third kappa shape index (κ3) is 8.20. The van der Waals surface area contributed by atoms with Crippen LogP contribution in [-0.4, -0.2) is 54.8 Å². The van der Waals surface area contributed by atoms with Crippen LogP contribution in [0.25, 0.3) is 0 Å². The molecule has 0 radical (unpaired) electrons. The van der Waals surface area contributed by atoms with Gasteiger partial charge in [0.1, 0.15) is 0 Å². The molecule has 0 aliphatic carbocycles. The molecule has 0 fully saturated rings. The second-order valence-corrected chi connectivity index (χ2v) is 6.89. The molecule has 0 unspecified atom stereocenters. The van der Waals surface area contributed by atoms with Gasteiger partial charge in [0, 0.05) is 43.4 Å². The highest BCUT2D eigenvalue weighted by Gasteiger charge is 2.03. The van der Waals surface area contributed by atoms with Gasteiger partial charge < -0.3 is 15.5 Å². The smallest absolute Gasteiger partial charge is 0.274 e. The van der Waals surface area contributed by atoms with Crippen LogP contribution in [0.15, 0.2) is 17.4 Å². The summed E-state index contributed by atoms with van der Waals surface area (Å²) in [6.07, 6.45) is 1.92. The largest absolute Gasteiger partial charge is 0.370 e. The number of thiazole rings is 1. The van der Waals surface area contributed by atoms with Gasteiger partial charge in [-0.05, 0) is 14.1 Å². The summed E-state index contributed by atoms with van der Waals surface area (Å²) in [6, 6.07) is 0. The first-order chi connectivity index (χ1) is 10.5. The van der Waals surface area contributed by atoms with Crippen molar-refractivity contribution in [3.8, 4) is 0 Å². The summed E-state index contributed by atoms with van der Waals surface area (Å²) in [7, 11) is 5.77. The summed E-state index contributed by atoms with van der Waals surface area (Å²) in [5.74, 6) is 2.15. The molecule has 1 heterocycles. The number of hydrogen-bond acceptors (Lipinski definition) is 8. The third-order valence-electron chi connectivity index (χ3n) is 2.69. The zero-order chi connectivity index (χ0) is 16.4. The fourth-order valence-electron chi connectivity index (χ4n) is 1.59. The maximum Gasteiger partial charge on any atom is 0.274 e. The predicted molar refractivity (Wildman–Crippen MR) is 92.7 cm³/mol. The third-order valence-corrected chi connectivity index (χ3v) is 4.64. The molecule has 22 heavy (non-hydrogen) atoms. The topological polar surface area (TPSA) is 83.3 Å². The molecule has 0 amide bonds. The number of aromatic nitrogens is 1. The first kappa shape index (κ1) is 18.7. The minimum absolute atomic E-state index is 0.422. The van der Waals surface area contributed by atoms with Crippen molar-refractivity contribution in [3.05, 3.63) is 38.2 Å². The quantitative estimate of drug-likeness (QED) is 0.356. The van der Waals surface area contributed by atoms with Crippen molar-refractivity contribution < 1.29 is 4.92 Å². The summed E-state index contributed by atoms with van der Waals surface area (Å²) >= 11 is 3.47. The Morgan fingerprint density at radius 1 is 1.59 bits per heavy atom. The lowest BCUT2D eigenvalue weighted by Gasteiger charge is -2.07. The van der Waals surface area contributed by atoms with Crippen LogP contribution in [0.5, 0.6) is 0 Å². The van der Waals surface area contributed by atoms with Crippen molar-refractivity contribution in [1.29, 1.82) is 0 Å². The molecule has 7 nitrogen and oxygen atoms in total. The number of nitrogens with one attached hydrogen (secondary N) is 2. The standard InChI is InChI=1S/C13H23N5O2S2/c1-14-12(8-18(19)20)15-5-7-21-9-11-10-22-13(16-11)4-6-17(2)3/h8,10,14-15H,4-7,9H2,1-3H3. The van der Waals surface area contributed by atoms with Crippen molar-refractivity contribution in [2.24, 2.45) is 0 Å². The Kier molecular flexibility index (Phi) is 8.86. The molecule has 0 bridgehead atoms. The zero-order valence-electron chi connectivity index (χ0n) is 13.2. The van der Waals surface area contributed by atoms with Crippen molar-refractivity contribution in [1.82, 2.24) is 20.5 Å². The van der Waals surface area contributed by atoms with Crippen LogP contribution in [0, 0.1) is 10.1 Å². The molecule has 1 rings (SSSR count). The van der Waals surface area contributed by atoms with Gasteiger partial charge in [-0.2, -0.15) is 11.8 Å². The van der Waals surface area contributed by atoms with E-state index in [9.17, 15) is 10.1 Å². The molecule has 0 aromatic carbocycles. The van der Waals surface area contributed by atoms with Crippen LogP contribution in [0.3, 0.4) is 0 Å². The normalized spacial score (nSPS) is 11.7. The van der Waals surface area contributed by atoms with Gasteiger partial charge >= 0.3 is 0 Å². The number of hydrogen-bond donors (Lipinski definition) is 2. The Bertz CT molecular complexity index is 491. The SMILES string of the molecule is CNC(=C[N+](=O)[O-])NCCSCc1csc(CCN(C)C)n1. The Balaban J connectivity index is 2.20. The molecule has 124 valence electrons. The first-order valence-corrected chi connectivity index (χ1v) is 8.97. The maximum absolute atomic E-state index is 10.4.